The third kappa shape index (κ3) is 9.04. The van der Waals surface area contributed by atoms with Crippen LogP contribution in [0.15, 0.2) is 4.99 Å². The Hall–Kier alpha value is -0.620. The fourth-order valence-corrected chi connectivity index (χ4v) is 3.23. The van der Waals surface area contributed by atoms with Crippen LogP contribution >= 0.6 is 24.0 Å². The minimum atomic E-state index is -3.14. The van der Waals surface area contributed by atoms with Crippen LogP contribution < -0.4 is 10.0 Å². The van der Waals surface area contributed by atoms with E-state index in [4.69, 9.17) is 4.74 Å². The van der Waals surface area contributed by atoms with Crippen molar-refractivity contribution in [2.45, 2.75) is 33.1 Å². The molecule has 148 valence electrons. The molecular formula is C15H31IN4O4S. The van der Waals surface area contributed by atoms with Crippen molar-refractivity contribution >= 4 is 45.9 Å². The first kappa shape index (κ1) is 24.4. The Morgan fingerprint density at radius 2 is 2.04 bits per heavy atom. The number of guanidine groups is 1. The van der Waals surface area contributed by atoms with Gasteiger partial charge >= 0.3 is 5.97 Å². The first-order valence-corrected chi connectivity index (χ1v) is 10.2. The van der Waals surface area contributed by atoms with Crippen LogP contribution in [0.3, 0.4) is 0 Å². The van der Waals surface area contributed by atoms with Gasteiger partial charge in [-0.05, 0) is 33.1 Å². The standard InChI is InChI=1S/C15H30N4O4S.HI/c1-4-23-14(20)13-8-6-11-19(12-13)15(16-3)17-9-7-10-18-24(21,22)5-2;/h13,18H,4-12H2,1-3H3,(H,16,17);1H. The van der Waals surface area contributed by atoms with Crippen molar-refractivity contribution in [2.24, 2.45) is 10.9 Å². The first-order valence-electron chi connectivity index (χ1n) is 8.53. The molecule has 2 N–H and O–H groups in total. The van der Waals surface area contributed by atoms with E-state index in [0.29, 0.717) is 32.7 Å². The van der Waals surface area contributed by atoms with Crippen LogP contribution in [0.25, 0.3) is 0 Å². The summed E-state index contributed by atoms with van der Waals surface area (Å²) in [6, 6.07) is 0. The van der Waals surface area contributed by atoms with E-state index in [9.17, 15) is 13.2 Å². The summed E-state index contributed by atoms with van der Waals surface area (Å²) in [4.78, 5) is 18.2. The Morgan fingerprint density at radius 1 is 1.32 bits per heavy atom. The zero-order chi connectivity index (χ0) is 18.0. The average molecular weight is 490 g/mol. The predicted molar refractivity (Wildman–Crippen MR) is 110 cm³/mol. The van der Waals surface area contributed by atoms with Crippen molar-refractivity contribution in [3.63, 3.8) is 0 Å². The molecule has 0 saturated carbocycles. The molecule has 1 fully saturated rings. The maximum absolute atomic E-state index is 11.9. The van der Waals surface area contributed by atoms with Crippen LogP contribution in [0.5, 0.6) is 0 Å². The van der Waals surface area contributed by atoms with Gasteiger partial charge in [-0.15, -0.1) is 24.0 Å². The molecule has 8 nitrogen and oxygen atoms in total. The summed E-state index contributed by atoms with van der Waals surface area (Å²) in [6.07, 6.45) is 2.42. The van der Waals surface area contributed by atoms with Gasteiger partial charge in [-0.1, -0.05) is 0 Å². The van der Waals surface area contributed by atoms with E-state index < -0.39 is 10.0 Å². The molecular weight excluding hydrogens is 459 g/mol. The van der Waals surface area contributed by atoms with E-state index in [2.05, 4.69) is 19.9 Å². The van der Waals surface area contributed by atoms with E-state index in [-0.39, 0.29) is 41.6 Å². The molecule has 0 bridgehead atoms. The molecule has 1 atom stereocenters. The molecule has 1 heterocycles. The minimum absolute atomic E-state index is 0. The molecule has 0 radical (unpaired) electrons. The van der Waals surface area contributed by atoms with E-state index in [1.807, 2.05) is 6.92 Å². The van der Waals surface area contributed by atoms with Gasteiger partial charge in [-0.25, -0.2) is 13.1 Å². The minimum Gasteiger partial charge on any atom is -0.466 e. The number of likely N-dealkylation sites (tertiary alicyclic amines) is 1. The number of carbonyl (C=O) groups is 1. The fraction of sp³-hybridized carbons (Fsp3) is 0.867. The Balaban J connectivity index is 0.00000576. The van der Waals surface area contributed by atoms with Gasteiger partial charge in [0, 0.05) is 33.2 Å². The van der Waals surface area contributed by atoms with Crippen molar-refractivity contribution in [1.82, 2.24) is 14.9 Å². The largest absolute Gasteiger partial charge is 0.466 e. The van der Waals surface area contributed by atoms with Crippen LogP contribution in [-0.4, -0.2) is 70.8 Å². The molecule has 0 aliphatic carbocycles. The van der Waals surface area contributed by atoms with Crippen LogP contribution in [0.2, 0.25) is 0 Å². The fourth-order valence-electron chi connectivity index (χ4n) is 2.57. The Bertz CT molecular complexity index is 528. The highest BCUT2D eigenvalue weighted by molar-refractivity contribution is 14.0. The number of halogens is 1. The number of carbonyl (C=O) groups excluding carboxylic acids is 1. The monoisotopic (exact) mass is 490 g/mol. The second-order valence-electron chi connectivity index (χ2n) is 5.66. The molecule has 0 spiro atoms. The lowest BCUT2D eigenvalue weighted by atomic mass is 9.98. The molecule has 0 aromatic heterocycles. The summed E-state index contributed by atoms with van der Waals surface area (Å²) in [6.45, 7) is 6.27. The van der Waals surface area contributed by atoms with Gasteiger partial charge in [0.2, 0.25) is 10.0 Å². The summed E-state index contributed by atoms with van der Waals surface area (Å²) >= 11 is 0. The molecule has 1 saturated heterocycles. The average Bonchev–Trinajstić information content (AvgIpc) is 2.58. The molecule has 10 heteroatoms. The van der Waals surface area contributed by atoms with Gasteiger partial charge in [0.15, 0.2) is 5.96 Å². The summed E-state index contributed by atoms with van der Waals surface area (Å²) in [5, 5.41) is 3.22. The molecule has 1 aliphatic rings. The molecule has 1 aliphatic heterocycles. The number of rotatable bonds is 8. The third-order valence-corrected chi connectivity index (χ3v) is 5.30. The Labute approximate surface area is 168 Å². The lowest BCUT2D eigenvalue weighted by molar-refractivity contribution is -0.149. The van der Waals surface area contributed by atoms with Crippen LogP contribution in [0.4, 0.5) is 0 Å². The molecule has 1 unspecified atom stereocenters. The topological polar surface area (TPSA) is 100 Å². The maximum Gasteiger partial charge on any atom is 0.310 e. The SMILES string of the molecule is CCOC(=O)C1CCCN(C(=NC)NCCCNS(=O)(=O)CC)C1.I. The van der Waals surface area contributed by atoms with E-state index in [1.54, 1.807) is 14.0 Å². The highest BCUT2D eigenvalue weighted by Gasteiger charge is 2.28. The number of nitrogens with one attached hydrogen (secondary N) is 2. The summed E-state index contributed by atoms with van der Waals surface area (Å²) in [5.41, 5.74) is 0. The van der Waals surface area contributed by atoms with Crippen LogP contribution in [-0.2, 0) is 19.6 Å². The summed E-state index contributed by atoms with van der Waals surface area (Å²) in [5.74, 6) is 0.563. The van der Waals surface area contributed by atoms with E-state index >= 15 is 0 Å². The Kier molecular flexibility index (Phi) is 12.4. The number of nitrogens with zero attached hydrogens (tertiary/aromatic N) is 2. The number of sulfonamides is 1. The van der Waals surface area contributed by atoms with E-state index in [1.165, 1.54) is 0 Å². The van der Waals surface area contributed by atoms with Crippen molar-refractivity contribution in [3.8, 4) is 0 Å². The predicted octanol–water partition coefficient (Wildman–Crippen LogP) is 0.784. The smallest absolute Gasteiger partial charge is 0.310 e. The van der Waals surface area contributed by atoms with Crippen LogP contribution in [0.1, 0.15) is 33.1 Å². The van der Waals surface area contributed by atoms with Gasteiger partial charge in [0.05, 0.1) is 18.3 Å². The van der Waals surface area contributed by atoms with Crippen molar-refractivity contribution in [2.75, 3.05) is 45.6 Å². The summed E-state index contributed by atoms with van der Waals surface area (Å²) < 4.78 is 30.3. The summed E-state index contributed by atoms with van der Waals surface area (Å²) in [7, 11) is -1.43. The van der Waals surface area contributed by atoms with Crippen LogP contribution in [0, 0.1) is 5.92 Å². The third-order valence-electron chi connectivity index (χ3n) is 3.89. The lowest BCUT2D eigenvalue weighted by Crippen LogP contribution is -2.48. The lowest BCUT2D eigenvalue weighted by Gasteiger charge is -2.33. The van der Waals surface area contributed by atoms with Gasteiger partial charge in [-0.2, -0.15) is 0 Å². The second kappa shape index (κ2) is 12.7. The highest BCUT2D eigenvalue weighted by Crippen LogP contribution is 2.18. The quantitative estimate of drug-likeness (QED) is 0.172. The number of hydrogen-bond donors (Lipinski definition) is 2. The van der Waals surface area contributed by atoms with Crippen molar-refractivity contribution in [3.05, 3.63) is 0 Å². The molecule has 1 rings (SSSR count). The number of piperidine rings is 1. The number of ether oxygens (including phenoxy) is 1. The van der Waals surface area contributed by atoms with Gasteiger partial charge < -0.3 is 15.0 Å². The first-order chi connectivity index (χ1) is 11.4. The Morgan fingerprint density at radius 3 is 2.64 bits per heavy atom. The maximum atomic E-state index is 11.9. The number of aliphatic imine (C=N–C) groups is 1. The molecule has 0 aromatic carbocycles. The number of hydrogen-bond acceptors (Lipinski definition) is 5. The van der Waals surface area contributed by atoms with Gasteiger partial charge in [0.1, 0.15) is 0 Å². The van der Waals surface area contributed by atoms with Gasteiger partial charge in [-0.3, -0.25) is 9.79 Å². The molecule has 0 amide bonds. The molecule has 0 aromatic rings. The normalized spacial score (nSPS) is 18.4. The van der Waals surface area contributed by atoms with Crippen molar-refractivity contribution < 1.29 is 17.9 Å². The zero-order valence-corrected chi connectivity index (χ0v) is 18.4. The zero-order valence-electron chi connectivity index (χ0n) is 15.3. The van der Waals surface area contributed by atoms with E-state index in [0.717, 1.165) is 25.3 Å². The van der Waals surface area contributed by atoms with Gasteiger partial charge in [0.25, 0.3) is 0 Å². The number of esters is 1. The highest BCUT2D eigenvalue weighted by atomic mass is 127. The molecule has 25 heavy (non-hydrogen) atoms. The van der Waals surface area contributed by atoms with Crippen molar-refractivity contribution in [1.29, 1.82) is 0 Å². The second-order valence-corrected chi connectivity index (χ2v) is 7.76.